The van der Waals surface area contributed by atoms with Crippen LogP contribution in [0.2, 0.25) is 0 Å². The molecule has 2 aliphatic rings. The van der Waals surface area contributed by atoms with Crippen LogP contribution in [0.15, 0.2) is 24.3 Å². The van der Waals surface area contributed by atoms with Crippen LogP contribution in [0.3, 0.4) is 0 Å². The first-order chi connectivity index (χ1) is 11.2. The summed E-state index contributed by atoms with van der Waals surface area (Å²) in [6, 6.07) is 8.29. The minimum absolute atomic E-state index is 0.162. The number of likely N-dealkylation sites (N-methyl/N-ethyl adjacent to an activating group) is 1. The second-order valence-electron chi connectivity index (χ2n) is 6.53. The van der Waals surface area contributed by atoms with Gasteiger partial charge in [0.2, 0.25) is 0 Å². The van der Waals surface area contributed by atoms with Crippen molar-refractivity contribution in [3.8, 4) is 0 Å². The summed E-state index contributed by atoms with van der Waals surface area (Å²) in [5, 5.41) is 14.3. The highest BCUT2D eigenvalue weighted by Gasteiger charge is 2.30. The number of benzene rings is 1. The Morgan fingerprint density at radius 3 is 2.48 bits per heavy atom. The number of likely N-dealkylation sites (tertiary alicyclic amines) is 1. The van der Waals surface area contributed by atoms with Gasteiger partial charge in [-0.25, -0.2) is 0 Å². The second kappa shape index (κ2) is 7.27. The topological polar surface area (TPSA) is 61.6 Å². The number of rotatable bonds is 5. The third-order valence-corrected chi connectivity index (χ3v) is 5.12. The zero-order valence-electron chi connectivity index (χ0n) is 13.8. The van der Waals surface area contributed by atoms with Crippen LogP contribution >= 0.6 is 0 Å². The fraction of sp³-hybridized carbons (Fsp3) is 0.647. The third kappa shape index (κ3) is 3.82. The molecule has 23 heavy (non-hydrogen) atoms. The van der Waals surface area contributed by atoms with E-state index >= 15 is 0 Å². The molecule has 1 aromatic rings. The zero-order valence-corrected chi connectivity index (χ0v) is 13.8. The van der Waals surface area contributed by atoms with Crippen LogP contribution in [-0.2, 0) is 0 Å². The van der Waals surface area contributed by atoms with E-state index in [4.69, 9.17) is 0 Å². The Labute approximate surface area is 137 Å². The molecule has 0 aliphatic carbocycles. The Balaban J connectivity index is 1.51. The van der Waals surface area contributed by atoms with Gasteiger partial charge in [-0.3, -0.25) is 15.0 Å². The normalized spacial score (nSPS) is 23.3. The lowest BCUT2D eigenvalue weighted by Gasteiger charge is -2.38. The van der Waals surface area contributed by atoms with Crippen molar-refractivity contribution in [2.75, 3.05) is 37.6 Å². The van der Waals surface area contributed by atoms with E-state index in [1.165, 1.54) is 32.4 Å². The smallest absolute Gasteiger partial charge is 0.269 e. The van der Waals surface area contributed by atoms with Crippen molar-refractivity contribution in [1.29, 1.82) is 0 Å². The number of nitrogens with zero attached hydrogens (tertiary/aromatic N) is 3. The van der Waals surface area contributed by atoms with Gasteiger partial charge in [-0.1, -0.05) is 6.92 Å². The summed E-state index contributed by atoms with van der Waals surface area (Å²) >= 11 is 0. The Hall–Kier alpha value is -1.66. The summed E-state index contributed by atoms with van der Waals surface area (Å²) in [7, 11) is 0. The fourth-order valence-corrected chi connectivity index (χ4v) is 3.85. The van der Waals surface area contributed by atoms with Gasteiger partial charge in [0.1, 0.15) is 0 Å². The van der Waals surface area contributed by atoms with E-state index in [2.05, 4.69) is 22.0 Å². The number of anilines is 1. The maximum absolute atomic E-state index is 10.7. The molecule has 0 aromatic heterocycles. The summed E-state index contributed by atoms with van der Waals surface area (Å²) in [5.74, 6) is 0. The molecule has 2 aliphatic heterocycles. The van der Waals surface area contributed by atoms with Gasteiger partial charge in [0, 0.05) is 56.1 Å². The maximum Gasteiger partial charge on any atom is 0.269 e. The van der Waals surface area contributed by atoms with Crippen LogP contribution in [-0.4, -0.2) is 54.6 Å². The van der Waals surface area contributed by atoms with Crippen LogP contribution < -0.4 is 10.2 Å². The van der Waals surface area contributed by atoms with E-state index in [1.807, 2.05) is 12.1 Å². The minimum Gasteiger partial charge on any atom is -0.371 e. The molecule has 0 spiro atoms. The molecular weight excluding hydrogens is 292 g/mol. The Morgan fingerprint density at radius 1 is 1.17 bits per heavy atom. The third-order valence-electron chi connectivity index (χ3n) is 5.12. The van der Waals surface area contributed by atoms with Crippen molar-refractivity contribution in [2.45, 2.75) is 38.3 Å². The Bertz CT molecular complexity index is 526. The summed E-state index contributed by atoms with van der Waals surface area (Å²) < 4.78 is 0. The van der Waals surface area contributed by atoms with E-state index in [0.29, 0.717) is 12.1 Å². The monoisotopic (exact) mass is 318 g/mol. The maximum atomic E-state index is 10.7. The first kappa shape index (κ1) is 16.2. The largest absolute Gasteiger partial charge is 0.371 e. The fourth-order valence-electron chi connectivity index (χ4n) is 3.85. The first-order valence-corrected chi connectivity index (χ1v) is 8.64. The van der Waals surface area contributed by atoms with Crippen LogP contribution in [0.25, 0.3) is 0 Å². The molecule has 2 fully saturated rings. The molecule has 3 rings (SSSR count). The van der Waals surface area contributed by atoms with E-state index in [0.717, 1.165) is 25.3 Å². The highest BCUT2D eigenvalue weighted by molar-refractivity contribution is 5.51. The minimum atomic E-state index is -0.343. The summed E-state index contributed by atoms with van der Waals surface area (Å²) in [6.07, 6.45) is 3.61. The predicted octanol–water partition coefficient (Wildman–Crippen LogP) is 2.25. The second-order valence-corrected chi connectivity index (χ2v) is 6.53. The quantitative estimate of drug-likeness (QED) is 0.666. The van der Waals surface area contributed by atoms with Gasteiger partial charge in [0.15, 0.2) is 0 Å². The highest BCUT2D eigenvalue weighted by atomic mass is 16.6. The van der Waals surface area contributed by atoms with Gasteiger partial charge >= 0.3 is 0 Å². The molecule has 6 nitrogen and oxygen atoms in total. The highest BCUT2D eigenvalue weighted by Crippen LogP contribution is 2.26. The van der Waals surface area contributed by atoms with Gasteiger partial charge in [0.25, 0.3) is 5.69 Å². The van der Waals surface area contributed by atoms with Crippen LogP contribution in [0.1, 0.15) is 26.2 Å². The molecule has 126 valence electrons. The Morgan fingerprint density at radius 2 is 1.87 bits per heavy atom. The van der Waals surface area contributed by atoms with Crippen LogP contribution in [0, 0.1) is 10.1 Å². The first-order valence-electron chi connectivity index (χ1n) is 8.64. The van der Waals surface area contributed by atoms with E-state index < -0.39 is 0 Å². The van der Waals surface area contributed by atoms with Crippen LogP contribution in [0.5, 0.6) is 0 Å². The lowest BCUT2D eigenvalue weighted by molar-refractivity contribution is -0.384. The molecule has 1 atom stereocenters. The molecule has 0 amide bonds. The molecule has 1 unspecified atom stereocenters. The van der Waals surface area contributed by atoms with Crippen molar-refractivity contribution >= 4 is 11.4 Å². The van der Waals surface area contributed by atoms with Crippen molar-refractivity contribution in [1.82, 2.24) is 10.2 Å². The lowest BCUT2D eigenvalue weighted by atomic mass is 10.0. The average Bonchev–Trinajstić information content (AvgIpc) is 3.04. The number of nitrogens with one attached hydrogen (secondary N) is 1. The van der Waals surface area contributed by atoms with E-state index in [1.54, 1.807) is 12.1 Å². The molecule has 0 bridgehead atoms. The molecule has 1 aromatic carbocycles. The number of nitro benzene ring substituents is 1. The van der Waals surface area contributed by atoms with Crippen molar-refractivity contribution < 1.29 is 4.92 Å². The standard InChI is InChI=1S/C17H26N4O2/c1-2-18-14-7-10-20(13-14)16-8-11-19(12-9-16)15-3-5-17(6-4-15)21(22)23/h3-6,14,16,18H,2,7-13H2,1H3. The summed E-state index contributed by atoms with van der Waals surface area (Å²) in [4.78, 5) is 15.4. The molecule has 6 heteroatoms. The van der Waals surface area contributed by atoms with Gasteiger partial charge in [-0.2, -0.15) is 0 Å². The van der Waals surface area contributed by atoms with Crippen molar-refractivity contribution in [3.05, 3.63) is 34.4 Å². The van der Waals surface area contributed by atoms with E-state index in [9.17, 15) is 10.1 Å². The van der Waals surface area contributed by atoms with Gasteiger partial charge in [-0.15, -0.1) is 0 Å². The summed E-state index contributed by atoms with van der Waals surface area (Å²) in [5.41, 5.74) is 1.26. The Kier molecular flexibility index (Phi) is 5.13. The predicted molar refractivity (Wildman–Crippen MR) is 92.0 cm³/mol. The van der Waals surface area contributed by atoms with Gasteiger partial charge in [0.05, 0.1) is 4.92 Å². The molecule has 0 saturated carbocycles. The molecular formula is C17H26N4O2. The molecule has 1 N–H and O–H groups in total. The van der Waals surface area contributed by atoms with Crippen molar-refractivity contribution in [2.24, 2.45) is 0 Å². The number of hydrogen-bond donors (Lipinski definition) is 1. The molecule has 2 saturated heterocycles. The number of non-ortho nitro benzene ring substituents is 1. The van der Waals surface area contributed by atoms with Crippen molar-refractivity contribution in [3.63, 3.8) is 0 Å². The van der Waals surface area contributed by atoms with Gasteiger partial charge < -0.3 is 10.2 Å². The van der Waals surface area contributed by atoms with Crippen LogP contribution in [0.4, 0.5) is 11.4 Å². The van der Waals surface area contributed by atoms with Gasteiger partial charge in [-0.05, 0) is 37.9 Å². The molecule has 0 radical (unpaired) electrons. The average molecular weight is 318 g/mol. The zero-order chi connectivity index (χ0) is 16.2. The number of hydrogen-bond acceptors (Lipinski definition) is 5. The number of nitro groups is 1. The molecule has 2 heterocycles. The summed E-state index contributed by atoms with van der Waals surface area (Å²) in [6.45, 7) is 7.67. The van der Waals surface area contributed by atoms with E-state index in [-0.39, 0.29) is 10.6 Å². The lowest BCUT2D eigenvalue weighted by Crippen LogP contribution is -2.45. The number of piperidine rings is 1. The SMILES string of the molecule is CCNC1CCN(C2CCN(c3ccc([N+](=O)[O-])cc3)CC2)C1.